The molecule has 3 rings (SSSR count). The van der Waals surface area contributed by atoms with Crippen LogP contribution >= 0.6 is 11.3 Å². The third kappa shape index (κ3) is 2.16. The molecule has 2 aromatic rings. The molecule has 2 aromatic heterocycles. The Bertz CT molecular complexity index is 645. The van der Waals surface area contributed by atoms with Crippen molar-refractivity contribution >= 4 is 33.3 Å². The summed E-state index contributed by atoms with van der Waals surface area (Å²) in [6.45, 7) is 1.97. The van der Waals surface area contributed by atoms with Gasteiger partial charge in [0.25, 0.3) is 5.91 Å². The van der Waals surface area contributed by atoms with Crippen molar-refractivity contribution in [2.75, 3.05) is 19.4 Å². The fourth-order valence-corrected chi connectivity index (χ4v) is 3.18. The summed E-state index contributed by atoms with van der Waals surface area (Å²) in [5, 5.41) is 4.40. The molecule has 1 aliphatic rings. The van der Waals surface area contributed by atoms with Crippen LogP contribution in [0.3, 0.4) is 0 Å². The lowest BCUT2D eigenvalue weighted by Crippen LogP contribution is -2.21. The summed E-state index contributed by atoms with van der Waals surface area (Å²) >= 11 is 1.44. The predicted octanol–water partition coefficient (Wildman–Crippen LogP) is 2.28. The highest BCUT2D eigenvalue weighted by atomic mass is 32.1. The van der Waals surface area contributed by atoms with Gasteiger partial charge < -0.3 is 10.2 Å². The second-order valence-electron chi connectivity index (χ2n) is 5.08. The Balaban J connectivity index is 2.11. The van der Waals surface area contributed by atoms with E-state index in [1.54, 1.807) is 25.3 Å². The fourth-order valence-electron chi connectivity index (χ4n) is 2.01. The predicted molar refractivity (Wildman–Crippen MR) is 76.8 cm³/mol. The number of thiophene rings is 1. The normalized spacial score (nSPS) is 14.7. The molecule has 0 saturated heterocycles. The van der Waals surface area contributed by atoms with Crippen molar-refractivity contribution in [2.45, 2.75) is 25.8 Å². The van der Waals surface area contributed by atoms with Crippen molar-refractivity contribution in [2.24, 2.45) is 0 Å². The molecule has 100 valence electrons. The zero-order valence-electron chi connectivity index (χ0n) is 11.2. The molecule has 0 unspecified atom stereocenters. The van der Waals surface area contributed by atoms with E-state index in [4.69, 9.17) is 0 Å². The van der Waals surface area contributed by atoms with Crippen LogP contribution < -0.4 is 5.32 Å². The van der Waals surface area contributed by atoms with Gasteiger partial charge in [0.15, 0.2) is 0 Å². The van der Waals surface area contributed by atoms with E-state index in [0.717, 1.165) is 26.5 Å². The van der Waals surface area contributed by atoms with Crippen molar-refractivity contribution < 1.29 is 4.79 Å². The average Bonchev–Trinajstić information content (AvgIpc) is 3.12. The number of hydrogen-bond acceptors (Lipinski definition) is 5. The lowest BCUT2D eigenvalue weighted by Gasteiger charge is -2.09. The molecule has 1 aliphatic carbocycles. The first-order valence-corrected chi connectivity index (χ1v) is 7.12. The second kappa shape index (κ2) is 4.45. The Hall–Kier alpha value is -1.69. The minimum Gasteiger partial charge on any atom is -0.367 e. The first-order chi connectivity index (χ1) is 9.08. The zero-order chi connectivity index (χ0) is 13.6. The van der Waals surface area contributed by atoms with Crippen LogP contribution in [0.15, 0.2) is 6.33 Å². The molecule has 0 spiro atoms. The molecule has 6 heteroatoms. The molecule has 1 fully saturated rings. The van der Waals surface area contributed by atoms with Crippen molar-refractivity contribution in [3.63, 3.8) is 0 Å². The average molecular weight is 276 g/mol. The van der Waals surface area contributed by atoms with Gasteiger partial charge in [0.05, 0.1) is 10.3 Å². The number of nitrogens with zero attached hydrogens (tertiary/aromatic N) is 3. The van der Waals surface area contributed by atoms with E-state index in [1.807, 2.05) is 6.92 Å². The van der Waals surface area contributed by atoms with Gasteiger partial charge in [0.2, 0.25) is 0 Å². The smallest absolute Gasteiger partial charge is 0.263 e. The van der Waals surface area contributed by atoms with Crippen molar-refractivity contribution in [3.8, 4) is 0 Å². The summed E-state index contributed by atoms with van der Waals surface area (Å²) in [5.74, 6) is 0.886. The number of carbonyl (C=O) groups excluding carboxylic acids is 1. The topological polar surface area (TPSA) is 58.1 Å². The minimum absolute atomic E-state index is 0.0258. The van der Waals surface area contributed by atoms with E-state index in [9.17, 15) is 4.79 Å². The van der Waals surface area contributed by atoms with Crippen LogP contribution in [-0.2, 0) is 0 Å². The van der Waals surface area contributed by atoms with Gasteiger partial charge in [-0.1, -0.05) is 0 Å². The molecule has 0 aliphatic heterocycles. The van der Waals surface area contributed by atoms with E-state index in [0.29, 0.717) is 6.04 Å². The van der Waals surface area contributed by atoms with Crippen molar-refractivity contribution in [1.82, 2.24) is 14.9 Å². The van der Waals surface area contributed by atoms with Gasteiger partial charge in [-0.15, -0.1) is 11.3 Å². The molecule has 0 radical (unpaired) electrons. The van der Waals surface area contributed by atoms with Gasteiger partial charge in [0.1, 0.15) is 17.0 Å². The molecule has 5 nitrogen and oxygen atoms in total. The molecule has 1 saturated carbocycles. The molecule has 0 aromatic carbocycles. The van der Waals surface area contributed by atoms with Gasteiger partial charge in [0, 0.05) is 20.1 Å². The van der Waals surface area contributed by atoms with Crippen LogP contribution in [0.2, 0.25) is 0 Å². The second-order valence-corrected chi connectivity index (χ2v) is 6.08. The van der Waals surface area contributed by atoms with Crippen LogP contribution in [-0.4, -0.2) is 40.9 Å². The fraction of sp³-hybridized carbons (Fsp3) is 0.462. The lowest BCUT2D eigenvalue weighted by atomic mass is 10.2. The highest BCUT2D eigenvalue weighted by Crippen LogP contribution is 2.35. The van der Waals surface area contributed by atoms with Crippen molar-refractivity contribution in [3.05, 3.63) is 16.8 Å². The van der Waals surface area contributed by atoms with Gasteiger partial charge in [-0.05, 0) is 25.3 Å². The van der Waals surface area contributed by atoms with Crippen molar-refractivity contribution in [1.29, 1.82) is 0 Å². The van der Waals surface area contributed by atoms with Gasteiger partial charge >= 0.3 is 0 Å². The maximum atomic E-state index is 12.1. The molecular formula is C13H16N4OS. The summed E-state index contributed by atoms with van der Waals surface area (Å²) in [6, 6.07) is 0.533. The first-order valence-electron chi connectivity index (χ1n) is 6.30. The summed E-state index contributed by atoms with van der Waals surface area (Å²) in [5.41, 5.74) is 0.974. The highest BCUT2D eigenvalue weighted by Gasteiger charge is 2.25. The minimum atomic E-state index is 0.0258. The molecule has 19 heavy (non-hydrogen) atoms. The Morgan fingerprint density at radius 1 is 1.42 bits per heavy atom. The third-order valence-corrected chi connectivity index (χ3v) is 4.43. The largest absolute Gasteiger partial charge is 0.367 e. The number of amides is 1. The summed E-state index contributed by atoms with van der Waals surface area (Å²) in [4.78, 5) is 24.0. The van der Waals surface area contributed by atoms with Gasteiger partial charge in [-0.2, -0.15) is 0 Å². The quantitative estimate of drug-likeness (QED) is 0.934. The summed E-state index contributed by atoms with van der Waals surface area (Å²) in [6.07, 6.45) is 3.95. The molecule has 0 bridgehead atoms. The number of anilines is 1. The number of carbonyl (C=O) groups is 1. The molecule has 0 atom stereocenters. The monoisotopic (exact) mass is 276 g/mol. The number of aryl methyl sites for hydroxylation is 1. The maximum Gasteiger partial charge on any atom is 0.263 e. The number of hydrogen-bond donors (Lipinski definition) is 1. The third-order valence-electron chi connectivity index (χ3n) is 3.25. The molecular weight excluding hydrogens is 260 g/mol. The number of aromatic nitrogens is 2. The number of rotatable bonds is 3. The first kappa shape index (κ1) is 12.3. The van der Waals surface area contributed by atoms with Crippen LogP contribution in [0.4, 0.5) is 5.82 Å². The SMILES string of the molecule is Cc1c(C(=O)N(C)C)sc2ncnc(NC3CC3)c12. The summed E-state index contributed by atoms with van der Waals surface area (Å²) < 4.78 is 0. The molecule has 1 amide bonds. The summed E-state index contributed by atoms with van der Waals surface area (Å²) in [7, 11) is 3.53. The maximum absolute atomic E-state index is 12.1. The molecule has 2 heterocycles. The van der Waals surface area contributed by atoms with E-state index in [1.165, 1.54) is 24.2 Å². The standard InChI is InChI=1S/C13H16N4OS/c1-7-9-11(16-8-4-5-8)14-6-15-12(9)19-10(7)13(18)17(2)3/h6,8H,4-5H2,1-3H3,(H,14,15,16). The van der Waals surface area contributed by atoms with Gasteiger partial charge in [-0.3, -0.25) is 4.79 Å². The van der Waals surface area contributed by atoms with Gasteiger partial charge in [-0.25, -0.2) is 9.97 Å². The van der Waals surface area contributed by atoms with E-state index >= 15 is 0 Å². The van der Waals surface area contributed by atoms with Crippen LogP contribution in [0, 0.1) is 6.92 Å². The Kier molecular flexibility index (Phi) is 2.89. The van der Waals surface area contributed by atoms with Crippen LogP contribution in [0.1, 0.15) is 28.1 Å². The Labute approximate surface area is 115 Å². The zero-order valence-corrected chi connectivity index (χ0v) is 12.0. The molecule has 1 N–H and O–H groups in total. The van der Waals surface area contributed by atoms with E-state index in [-0.39, 0.29) is 5.91 Å². The number of fused-ring (bicyclic) bond motifs is 1. The van der Waals surface area contributed by atoms with E-state index < -0.39 is 0 Å². The number of nitrogens with one attached hydrogen (secondary N) is 1. The lowest BCUT2D eigenvalue weighted by molar-refractivity contribution is 0.0831. The van der Waals surface area contributed by atoms with Crippen LogP contribution in [0.25, 0.3) is 10.2 Å². The van der Waals surface area contributed by atoms with Crippen LogP contribution in [0.5, 0.6) is 0 Å². The Morgan fingerprint density at radius 3 is 2.79 bits per heavy atom. The van der Waals surface area contributed by atoms with E-state index in [2.05, 4.69) is 15.3 Å². The Morgan fingerprint density at radius 2 is 2.16 bits per heavy atom. The highest BCUT2D eigenvalue weighted by molar-refractivity contribution is 7.20.